The number of fused-ring (bicyclic) bond motifs is 1. The third-order valence-electron chi connectivity index (χ3n) is 4.17. The van der Waals surface area contributed by atoms with Gasteiger partial charge in [0.1, 0.15) is 24.0 Å². The van der Waals surface area contributed by atoms with Crippen LogP contribution in [0.2, 0.25) is 0 Å². The maximum absolute atomic E-state index is 12.2. The Labute approximate surface area is 160 Å². The van der Waals surface area contributed by atoms with Crippen molar-refractivity contribution in [2.24, 2.45) is 0 Å². The zero-order valence-electron chi connectivity index (χ0n) is 15.4. The number of ether oxygens (including phenoxy) is 1. The maximum atomic E-state index is 12.2. The Morgan fingerprint density at radius 3 is 2.71 bits per heavy atom. The number of hydrogen-bond donors (Lipinski definition) is 2. The molecule has 0 fully saturated rings. The molecular formula is C21H19NO6. The number of carbonyl (C=O) groups excluding carboxylic acids is 2. The number of benzene rings is 2. The van der Waals surface area contributed by atoms with Gasteiger partial charge in [0.25, 0.3) is 5.91 Å². The number of hydrogen-bond acceptors (Lipinski definition) is 6. The van der Waals surface area contributed by atoms with Gasteiger partial charge in [-0.05, 0) is 38.1 Å². The molecule has 7 nitrogen and oxygen atoms in total. The molecule has 3 aromatic rings. The second-order valence-electron chi connectivity index (χ2n) is 6.44. The molecule has 0 spiro atoms. The molecule has 1 aromatic heterocycles. The van der Waals surface area contributed by atoms with E-state index < -0.39 is 17.6 Å². The Hall–Kier alpha value is -3.61. The van der Waals surface area contributed by atoms with Crippen LogP contribution in [0, 0.1) is 6.92 Å². The minimum Gasteiger partial charge on any atom is -0.508 e. The Bertz CT molecular complexity index is 1100. The zero-order chi connectivity index (χ0) is 20.3. The minimum absolute atomic E-state index is 0.0442. The molecule has 0 saturated heterocycles. The Balaban J connectivity index is 1.67. The first-order valence-corrected chi connectivity index (χ1v) is 8.63. The second-order valence-corrected chi connectivity index (χ2v) is 6.44. The maximum Gasteiger partial charge on any atom is 0.336 e. The SMILES string of the molecule is Cc1cccc(C(=O)NC(C)C(=O)OCc2cc(=O)oc3cc(O)ccc23)c1. The summed E-state index contributed by atoms with van der Waals surface area (Å²) >= 11 is 0. The van der Waals surface area contributed by atoms with Crippen molar-refractivity contribution in [2.75, 3.05) is 0 Å². The number of carbonyl (C=O) groups is 2. The van der Waals surface area contributed by atoms with E-state index in [0.717, 1.165) is 5.56 Å². The molecular weight excluding hydrogens is 362 g/mol. The molecule has 0 aliphatic carbocycles. The molecule has 7 heteroatoms. The molecule has 0 aliphatic rings. The predicted octanol–water partition coefficient (Wildman–Crippen LogP) is 2.67. The lowest BCUT2D eigenvalue weighted by atomic mass is 10.1. The molecule has 0 radical (unpaired) electrons. The van der Waals surface area contributed by atoms with E-state index in [2.05, 4.69) is 5.32 Å². The van der Waals surface area contributed by atoms with Crippen molar-refractivity contribution < 1.29 is 23.8 Å². The molecule has 0 aliphatic heterocycles. The van der Waals surface area contributed by atoms with E-state index in [9.17, 15) is 19.5 Å². The van der Waals surface area contributed by atoms with Gasteiger partial charge in [0.2, 0.25) is 0 Å². The molecule has 0 bridgehead atoms. The van der Waals surface area contributed by atoms with E-state index in [1.807, 2.05) is 13.0 Å². The van der Waals surface area contributed by atoms with Crippen molar-refractivity contribution in [2.45, 2.75) is 26.5 Å². The lowest BCUT2D eigenvalue weighted by Crippen LogP contribution is -2.39. The van der Waals surface area contributed by atoms with Crippen LogP contribution in [-0.4, -0.2) is 23.0 Å². The number of amides is 1. The van der Waals surface area contributed by atoms with E-state index in [0.29, 0.717) is 16.5 Å². The molecule has 2 aromatic carbocycles. The third-order valence-corrected chi connectivity index (χ3v) is 4.17. The Morgan fingerprint density at radius 2 is 1.96 bits per heavy atom. The molecule has 2 N–H and O–H groups in total. The lowest BCUT2D eigenvalue weighted by molar-refractivity contribution is -0.146. The van der Waals surface area contributed by atoms with Crippen LogP contribution in [-0.2, 0) is 16.1 Å². The normalized spacial score (nSPS) is 11.8. The lowest BCUT2D eigenvalue weighted by Gasteiger charge is -2.14. The topological polar surface area (TPSA) is 106 Å². The van der Waals surface area contributed by atoms with Crippen molar-refractivity contribution in [1.82, 2.24) is 5.32 Å². The van der Waals surface area contributed by atoms with Gasteiger partial charge in [0.05, 0.1) is 0 Å². The molecule has 1 atom stereocenters. The highest BCUT2D eigenvalue weighted by molar-refractivity contribution is 5.96. The summed E-state index contributed by atoms with van der Waals surface area (Å²) < 4.78 is 10.3. The fourth-order valence-corrected chi connectivity index (χ4v) is 2.74. The number of nitrogens with one attached hydrogen (secondary N) is 1. The molecule has 144 valence electrons. The third kappa shape index (κ3) is 4.37. The van der Waals surface area contributed by atoms with Crippen molar-refractivity contribution in [3.05, 3.63) is 75.6 Å². The van der Waals surface area contributed by atoms with Gasteiger partial charge in [-0.2, -0.15) is 0 Å². The van der Waals surface area contributed by atoms with Gasteiger partial charge in [-0.25, -0.2) is 9.59 Å². The van der Waals surface area contributed by atoms with Gasteiger partial charge in [-0.1, -0.05) is 17.7 Å². The summed E-state index contributed by atoms with van der Waals surface area (Å²) in [4.78, 5) is 36.2. The first kappa shape index (κ1) is 19.2. The van der Waals surface area contributed by atoms with Gasteiger partial charge in [0, 0.05) is 28.6 Å². The van der Waals surface area contributed by atoms with Crippen LogP contribution in [0.4, 0.5) is 0 Å². The van der Waals surface area contributed by atoms with Crippen LogP contribution in [0.15, 0.2) is 57.7 Å². The first-order chi connectivity index (χ1) is 13.3. The summed E-state index contributed by atoms with van der Waals surface area (Å²) in [5.74, 6) is -1.06. The van der Waals surface area contributed by atoms with Crippen LogP contribution in [0.25, 0.3) is 11.0 Å². The highest BCUT2D eigenvalue weighted by atomic mass is 16.5. The van der Waals surface area contributed by atoms with Gasteiger partial charge in [0.15, 0.2) is 0 Å². The molecule has 1 amide bonds. The number of phenolic OH excluding ortho intramolecular Hbond substituents is 1. The number of esters is 1. The monoisotopic (exact) mass is 381 g/mol. The van der Waals surface area contributed by atoms with Crippen LogP contribution < -0.4 is 10.9 Å². The number of aromatic hydroxyl groups is 1. The Morgan fingerprint density at radius 1 is 1.18 bits per heavy atom. The molecule has 0 saturated carbocycles. The van der Waals surface area contributed by atoms with Gasteiger partial charge >= 0.3 is 11.6 Å². The average molecular weight is 381 g/mol. The average Bonchev–Trinajstić information content (AvgIpc) is 2.65. The van der Waals surface area contributed by atoms with Gasteiger partial charge in [-0.3, -0.25) is 4.79 Å². The van der Waals surface area contributed by atoms with E-state index in [4.69, 9.17) is 9.15 Å². The smallest absolute Gasteiger partial charge is 0.336 e. The molecule has 3 rings (SSSR count). The standard InChI is InChI=1S/C21H19NO6/c1-12-4-3-5-14(8-12)20(25)22-13(2)21(26)27-11-15-9-19(24)28-18-10-16(23)6-7-17(15)18/h3-10,13,23H,11H2,1-2H3,(H,22,25). The summed E-state index contributed by atoms with van der Waals surface area (Å²) in [6.45, 7) is 3.22. The van der Waals surface area contributed by atoms with Crippen LogP contribution in [0.1, 0.15) is 28.4 Å². The fourth-order valence-electron chi connectivity index (χ4n) is 2.74. The summed E-state index contributed by atoms with van der Waals surface area (Å²) in [6, 6.07) is 11.7. The van der Waals surface area contributed by atoms with Gasteiger partial charge < -0.3 is 19.6 Å². The van der Waals surface area contributed by atoms with E-state index in [1.165, 1.54) is 25.1 Å². The summed E-state index contributed by atoms with van der Waals surface area (Å²) in [6.07, 6.45) is 0. The van der Waals surface area contributed by atoms with Crippen LogP contribution in [0.5, 0.6) is 5.75 Å². The van der Waals surface area contributed by atoms with E-state index in [1.54, 1.807) is 24.3 Å². The highest BCUT2D eigenvalue weighted by Crippen LogP contribution is 2.22. The van der Waals surface area contributed by atoms with E-state index in [-0.39, 0.29) is 23.8 Å². The van der Waals surface area contributed by atoms with Crippen molar-refractivity contribution in [3.63, 3.8) is 0 Å². The quantitative estimate of drug-likeness (QED) is 0.520. The number of phenols is 1. The zero-order valence-corrected chi connectivity index (χ0v) is 15.4. The largest absolute Gasteiger partial charge is 0.508 e. The van der Waals surface area contributed by atoms with Crippen LogP contribution >= 0.6 is 0 Å². The molecule has 28 heavy (non-hydrogen) atoms. The van der Waals surface area contributed by atoms with E-state index >= 15 is 0 Å². The van der Waals surface area contributed by atoms with Crippen molar-refractivity contribution >= 4 is 22.8 Å². The number of rotatable bonds is 5. The van der Waals surface area contributed by atoms with Gasteiger partial charge in [-0.15, -0.1) is 0 Å². The first-order valence-electron chi connectivity index (χ1n) is 8.63. The molecule has 1 heterocycles. The number of aryl methyl sites for hydroxylation is 1. The summed E-state index contributed by atoms with van der Waals surface area (Å²) in [5, 5.41) is 12.6. The van der Waals surface area contributed by atoms with Crippen molar-refractivity contribution in [3.8, 4) is 5.75 Å². The molecule has 1 unspecified atom stereocenters. The Kier molecular flexibility index (Phi) is 5.44. The minimum atomic E-state index is -0.872. The predicted molar refractivity (Wildman–Crippen MR) is 102 cm³/mol. The second kappa shape index (κ2) is 7.96. The summed E-state index contributed by atoms with van der Waals surface area (Å²) in [5.41, 5.74) is 1.40. The fraction of sp³-hybridized carbons (Fsp3) is 0.190. The summed E-state index contributed by atoms with van der Waals surface area (Å²) in [7, 11) is 0. The highest BCUT2D eigenvalue weighted by Gasteiger charge is 2.19. The van der Waals surface area contributed by atoms with Crippen LogP contribution in [0.3, 0.4) is 0 Å². The van der Waals surface area contributed by atoms with Crippen molar-refractivity contribution in [1.29, 1.82) is 0 Å².